The van der Waals surface area contributed by atoms with E-state index in [1.165, 1.54) is 0 Å². The number of nitrogens with two attached hydrogens (primary N) is 1. The van der Waals surface area contributed by atoms with Crippen LogP contribution in [0.3, 0.4) is 0 Å². The largest absolute Gasteiger partial charge is 0.480 e. The minimum Gasteiger partial charge on any atom is -0.480 e. The molecule has 0 aromatic heterocycles. The Kier molecular flexibility index (Phi) is 6.69. The molecule has 8 nitrogen and oxygen atoms in total. The molecule has 1 rings (SSSR count). The molecule has 0 saturated carbocycles. The molecule has 0 radical (unpaired) electrons. The highest BCUT2D eigenvalue weighted by Crippen LogP contribution is 2.02. The molecule has 1 unspecified atom stereocenters. The van der Waals surface area contributed by atoms with Crippen LogP contribution in [0.25, 0.3) is 0 Å². The number of nitrogens with one attached hydrogen (secondary N) is 2. The molecule has 0 aliphatic carbocycles. The summed E-state index contributed by atoms with van der Waals surface area (Å²) in [4.78, 5) is 33.5. The van der Waals surface area contributed by atoms with Gasteiger partial charge in [0.2, 0.25) is 5.91 Å². The van der Waals surface area contributed by atoms with Crippen LogP contribution in [-0.2, 0) is 20.9 Å². The van der Waals surface area contributed by atoms with Gasteiger partial charge >= 0.3 is 12.1 Å². The van der Waals surface area contributed by atoms with Crippen LogP contribution < -0.4 is 16.6 Å². The third-order valence-corrected chi connectivity index (χ3v) is 2.62. The van der Waals surface area contributed by atoms with E-state index in [1.54, 1.807) is 24.3 Å². The summed E-state index contributed by atoms with van der Waals surface area (Å²) in [6.45, 7) is 0.0301. The summed E-state index contributed by atoms with van der Waals surface area (Å²) < 4.78 is 4.90. The first kappa shape index (κ1) is 16.4. The number of alkyl carbamates (subject to hydrolysis) is 1. The average molecular weight is 295 g/mol. The molecule has 5 N–H and O–H groups in total. The third kappa shape index (κ3) is 6.39. The smallest absolute Gasteiger partial charge is 0.408 e. The molecular weight excluding hydrogens is 278 g/mol. The van der Waals surface area contributed by atoms with Gasteiger partial charge in [0.25, 0.3) is 0 Å². The number of carbonyl (C=O) groups excluding carboxylic acids is 2. The zero-order chi connectivity index (χ0) is 15.7. The van der Waals surface area contributed by atoms with E-state index in [0.717, 1.165) is 5.56 Å². The second-order valence-corrected chi connectivity index (χ2v) is 4.20. The van der Waals surface area contributed by atoms with Crippen molar-refractivity contribution < 1.29 is 24.2 Å². The van der Waals surface area contributed by atoms with Crippen LogP contribution in [0.2, 0.25) is 0 Å². The predicted molar refractivity (Wildman–Crippen MR) is 72.8 cm³/mol. The number of hydrogen-bond acceptors (Lipinski definition) is 5. The topological polar surface area (TPSA) is 131 Å². The number of hydrogen-bond donors (Lipinski definition) is 4. The monoisotopic (exact) mass is 295 g/mol. The van der Waals surface area contributed by atoms with Gasteiger partial charge in [-0.15, -0.1) is 0 Å². The van der Waals surface area contributed by atoms with E-state index in [9.17, 15) is 14.4 Å². The lowest BCUT2D eigenvalue weighted by Gasteiger charge is -2.14. The minimum absolute atomic E-state index is 0.0301. The number of hydrazine groups is 1. The van der Waals surface area contributed by atoms with Crippen molar-refractivity contribution in [3.8, 4) is 0 Å². The van der Waals surface area contributed by atoms with Crippen molar-refractivity contribution in [2.24, 2.45) is 5.84 Å². The van der Waals surface area contributed by atoms with E-state index >= 15 is 0 Å². The van der Waals surface area contributed by atoms with Gasteiger partial charge in [0, 0.05) is 6.42 Å². The third-order valence-electron chi connectivity index (χ3n) is 2.62. The standard InChI is InChI=1S/C13H17N3O5/c14-16-11(17)7-6-10(12(18)19)15-13(20)21-8-9-4-2-1-3-5-9/h1-5,10H,6-8,14H2,(H,15,20)(H,16,17)(H,18,19). The summed E-state index contributed by atoms with van der Waals surface area (Å²) >= 11 is 0. The van der Waals surface area contributed by atoms with Gasteiger partial charge in [0.05, 0.1) is 0 Å². The maximum atomic E-state index is 11.5. The quantitative estimate of drug-likeness (QED) is 0.321. The first-order valence-electron chi connectivity index (χ1n) is 6.22. The molecule has 0 aliphatic rings. The summed E-state index contributed by atoms with van der Waals surface area (Å²) in [6.07, 6.45) is -1.06. The van der Waals surface area contributed by atoms with Crippen molar-refractivity contribution in [3.63, 3.8) is 0 Å². The van der Waals surface area contributed by atoms with E-state index in [-0.39, 0.29) is 19.4 Å². The average Bonchev–Trinajstić information content (AvgIpc) is 2.49. The number of benzene rings is 1. The highest BCUT2D eigenvalue weighted by atomic mass is 16.5. The maximum Gasteiger partial charge on any atom is 0.408 e. The van der Waals surface area contributed by atoms with Crippen LogP contribution >= 0.6 is 0 Å². The summed E-state index contributed by atoms with van der Waals surface area (Å²) in [5.74, 6) is 3.12. The first-order valence-corrected chi connectivity index (χ1v) is 6.22. The molecule has 0 spiro atoms. The number of ether oxygens (including phenoxy) is 1. The Morgan fingerprint density at radius 2 is 1.90 bits per heavy atom. The van der Waals surface area contributed by atoms with Crippen molar-refractivity contribution in [2.45, 2.75) is 25.5 Å². The van der Waals surface area contributed by atoms with Crippen LogP contribution in [0.1, 0.15) is 18.4 Å². The van der Waals surface area contributed by atoms with Gasteiger partial charge in [-0.05, 0) is 12.0 Å². The van der Waals surface area contributed by atoms with Crippen LogP contribution in [0, 0.1) is 0 Å². The van der Waals surface area contributed by atoms with Crippen LogP contribution in [0.5, 0.6) is 0 Å². The number of rotatable bonds is 7. The van der Waals surface area contributed by atoms with Crippen LogP contribution in [0.4, 0.5) is 4.79 Å². The van der Waals surface area contributed by atoms with E-state index in [2.05, 4.69) is 5.32 Å². The Balaban J connectivity index is 2.41. The molecule has 0 fully saturated rings. The summed E-state index contributed by atoms with van der Waals surface area (Å²) in [5.41, 5.74) is 2.66. The summed E-state index contributed by atoms with van der Waals surface area (Å²) in [5, 5.41) is 11.1. The molecule has 21 heavy (non-hydrogen) atoms. The van der Waals surface area contributed by atoms with Crippen molar-refractivity contribution >= 4 is 18.0 Å². The number of carboxylic acid groups (broad SMARTS) is 1. The van der Waals surface area contributed by atoms with E-state index < -0.39 is 24.0 Å². The molecule has 1 aromatic rings. The van der Waals surface area contributed by atoms with Crippen molar-refractivity contribution in [3.05, 3.63) is 35.9 Å². The molecule has 0 bridgehead atoms. The Morgan fingerprint density at radius 3 is 2.48 bits per heavy atom. The molecule has 2 amide bonds. The van der Waals surface area contributed by atoms with Crippen LogP contribution in [-0.4, -0.2) is 29.1 Å². The van der Waals surface area contributed by atoms with E-state index in [0.29, 0.717) is 0 Å². The van der Waals surface area contributed by atoms with E-state index in [4.69, 9.17) is 15.7 Å². The highest BCUT2D eigenvalue weighted by molar-refractivity contribution is 5.81. The number of aliphatic carboxylic acids is 1. The molecule has 0 saturated heterocycles. The molecule has 0 heterocycles. The first-order chi connectivity index (χ1) is 10.0. The zero-order valence-electron chi connectivity index (χ0n) is 11.2. The number of amides is 2. The fourth-order valence-electron chi connectivity index (χ4n) is 1.51. The Labute approximate surface area is 121 Å². The highest BCUT2D eigenvalue weighted by Gasteiger charge is 2.21. The minimum atomic E-state index is -1.25. The van der Waals surface area contributed by atoms with Gasteiger partial charge in [-0.2, -0.15) is 0 Å². The lowest BCUT2D eigenvalue weighted by atomic mass is 10.1. The van der Waals surface area contributed by atoms with Crippen molar-refractivity contribution in [2.75, 3.05) is 0 Å². The molecular formula is C13H17N3O5. The van der Waals surface area contributed by atoms with Crippen molar-refractivity contribution in [1.82, 2.24) is 10.7 Å². The summed E-state index contributed by atoms with van der Waals surface area (Å²) in [7, 11) is 0. The molecule has 8 heteroatoms. The van der Waals surface area contributed by atoms with Gasteiger partial charge in [0.1, 0.15) is 12.6 Å². The Hall–Kier alpha value is -2.61. The lowest BCUT2D eigenvalue weighted by molar-refractivity contribution is -0.139. The van der Waals surface area contributed by atoms with Gasteiger partial charge in [-0.1, -0.05) is 30.3 Å². The van der Waals surface area contributed by atoms with Crippen LogP contribution in [0.15, 0.2) is 30.3 Å². The van der Waals surface area contributed by atoms with E-state index in [1.807, 2.05) is 11.5 Å². The number of carboxylic acids is 1. The SMILES string of the molecule is NNC(=O)CCC(NC(=O)OCc1ccccc1)C(=O)O. The van der Waals surface area contributed by atoms with Gasteiger partial charge in [-0.25, -0.2) is 15.4 Å². The Bertz CT molecular complexity index is 492. The normalized spacial score (nSPS) is 11.3. The second-order valence-electron chi connectivity index (χ2n) is 4.20. The summed E-state index contributed by atoms with van der Waals surface area (Å²) in [6, 6.07) is 7.74. The molecule has 1 aromatic carbocycles. The Morgan fingerprint density at radius 1 is 1.24 bits per heavy atom. The second kappa shape index (κ2) is 8.54. The predicted octanol–water partition coefficient (Wildman–Crippen LogP) is 0.136. The maximum absolute atomic E-state index is 11.5. The molecule has 0 aliphatic heterocycles. The lowest BCUT2D eigenvalue weighted by Crippen LogP contribution is -2.42. The van der Waals surface area contributed by atoms with Crippen molar-refractivity contribution in [1.29, 1.82) is 0 Å². The molecule has 1 atom stereocenters. The number of carbonyl (C=O) groups is 3. The fraction of sp³-hybridized carbons (Fsp3) is 0.308. The van der Waals surface area contributed by atoms with Gasteiger partial charge in [-0.3, -0.25) is 10.2 Å². The zero-order valence-corrected chi connectivity index (χ0v) is 11.2. The van der Waals surface area contributed by atoms with Gasteiger partial charge in [0.15, 0.2) is 0 Å². The fourth-order valence-corrected chi connectivity index (χ4v) is 1.51. The van der Waals surface area contributed by atoms with Gasteiger partial charge < -0.3 is 15.2 Å². The molecule has 114 valence electrons.